The van der Waals surface area contributed by atoms with Gasteiger partial charge in [-0.15, -0.1) is 0 Å². The first-order valence-electron chi connectivity index (χ1n) is 6.94. The van der Waals surface area contributed by atoms with Crippen LogP contribution in [-0.2, 0) is 5.60 Å². The molecule has 21 heavy (non-hydrogen) atoms. The molecule has 0 spiro atoms. The van der Waals surface area contributed by atoms with Gasteiger partial charge in [-0.3, -0.25) is 0 Å². The second-order valence-corrected chi connectivity index (χ2v) is 5.70. The monoisotopic (exact) mass is 282 g/mol. The van der Waals surface area contributed by atoms with Gasteiger partial charge in [-0.2, -0.15) is 0 Å². The first kappa shape index (κ1) is 13.7. The highest BCUT2D eigenvalue weighted by atomic mass is 16.3. The van der Waals surface area contributed by atoms with E-state index < -0.39 is 5.60 Å². The Labute approximate surface area is 123 Å². The Balaban J connectivity index is 2.11. The molecule has 2 aromatic heterocycles. The summed E-state index contributed by atoms with van der Waals surface area (Å²) in [6, 6.07) is 10.3. The van der Waals surface area contributed by atoms with E-state index in [1.54, 1.807) is 26.4 Å². The summed E-state index contributed by atoms with van der Waals surface area (Å²) in [6.45, 7) is 5.49. The van der Waals surface area contributed by atoms with Gasteiger partial charge in [-0.25, -0.2) is 15.0 Å². The lowest BCUT2D eigenvalue weighted by molar-refractivity contribution is 0.0737. The summed E-state index contributed by atoms with van der Waals surface area (Å²) in [7, 11) is 0. The topological polar surface area (TPSA) is 63.8 Å². The molecular weight excluding hydrogens is 264 g/mol. The van der Waals surface area contributed by atoms with Gasteiger partial charge in [-0.1, -0.05) is 30.3 Å². The van der Waals surface area contributed by atoms with Crippen molar-refractivity contribution in [2.45, 2.75) is 32.4 Å². The quantitative estimate of drug-likeness (QED) is 0.802. The molecule has 0 fully saturated rings. The molecule has 0 aliphatic heterocycles. The second-order valence-electron chi connectivity index (χ2n) is 5.70. The van der Waals surface area contributed by atoms with Crippen molar-refractivity contribution in [2.75, 3.05) is 0 Å². The van der Waals surface area contributed by atoms with E-state index in [0.717, 1.165) is 0 Å². The minimum Gasteiger partial charge on any atom is -0.384 e. The number of aromatic nitrogens is 4. The average Bonchev–Trinajstić information content (AvgIpc) is 2.89. The highest BCUT2D eigenvalue weighted by Crippen LogP contribution is 2.23. The maximum atomic E-state index is 10.1. The summed E-state index contributed by atoms with van der Waals surface area (Å²) in [5.41, 5.74) is 1.97. The van der Waals surface area contributed by atoms with Gasteiger partial charge in [0.2, 0.25) is 0 Å². The molecule has 1 atom stereocenters. The largest absolute Gasteiger partial charge is 0.384 e. The molecule has 3 aromatic rings. The van der Waals surface area contributed by atoms with Crippen molar-refractivity contribution in [2.24, 2.45) is 0 Å². The highest BCUT2D eigenvalue weighted by molar-refractivity contribution is 5.66. The molecular formula is C16H18N4O. The van der Waals surface area contributed by atoms with Crippen molar-refractivity contribution < 1.29 is 5.11 Å². The number of rotatable bonds is 3. The van der Waals surface area contributed by atoms with E-state index in [1.165, 1.54) is 5.56 Å². The number of fused-ring (bicyclic) bond motifs is 1. The summed E-state index contributed by atoms with van der Waals surface area (Å²) in [6.07, 6.45) is 3.32. The van der Waals surface area contributed by atoms with Gasteiger partial charge in [0, 0.05) is 0 Å². The first-order valence-corrected chi connectivity index (χ1v) is 6.94. The van der Waals surface area contributed by atoms with Gasteiger partial charge in [-0.05, 0) is 26.3 Å². The molecule has 1 N–H and O–H groups in total. The lowest BCUT2D eigenvalue weighted by atomic mass is 10.1. The fraction of sp³-hybridized carbons (Fsp3) is 0.312. The summed E-state index contributed by atoms with van der Waals surface area (Å²) < 4.78 is 1.98. The predicted octanol–water partition coefficient (Wildman–Crippen LogP) is 2.66. The molecule has 5 heteroatoms. The highest BCUT2D eigenvalue weighted by Gasteiger charge is 2.21. The third-order valence-electron chi connectivity index (χ3n) is 3.61. The fourth-order valence-electron chi connectivity index (χ4n) is 2.28. The van der Waals surface area contributed by atoms with Gasteiger partial charge in [0.1, 0.15) is 5.60 Å². The zero-order valence-corrected chi connectivity index (χ0v) is 12.4. The molecule has 1 aromatic carbocycles. The Morgan fingerprint density at radius 3 is 2.52 bits per heavy atom. The van der Waals surface area contributed by atoms with E-state index >= 15 is 0 Å². The van der Waals surface area contributed by atoms with Crippen molar-refractivity contribution >= 4 is 11.3 Å². The van der Waals surface area contributed by atoms with Crippen LogP contribution >= 0.6 is 0 Å². The van der Waals surface area contributed by atoms with Crippen molar-refractivity contribution in [3.05, 3.63) is 54.1 Å². The molecule has 2 heterocycles. The molecule has 5 nitrogen and oxygen atoms in total. The van der Waals surface area contributed by atoms with Gasteiger partial charge < -0.3 is 9.67 Å². The molecule has 0 amide bonds. The van der Waals surface area contributed by atoms with Crippen LogP contribution in [0.3, 0.4) is 0 Å². The Bertz CT molecular complexity index is 759. The lowest BCUT2D eigenvalue weighted by Crippen LogP contribution is -2.18. The Morgan fingerprint density at radius 1 is 1.14 bits per heavy atom. The second kappa shape index (κ2) is 4.93. The van der Waals surface area contributed by atoms with Crippen molar-refractivity contribution in [3.8, 4) is 0 Å². The Hall–Kier alpha value is -2.27. The zero-order chi connectivity index (χ0) is 15.0. The average molecular weight is 282 g/mol. The molecule has 108 valence electrons. The smallest absolute Gasteiger partial charge is 0.197 e. The predicted molar refractivity (Wildman–Crippen MR) is 80.8 cm³/mol. The minimum absolute atomic E-state index is 0.0996. The number of aliphatic hydroxyl groups is 1. The van der Waals surface area contributed by atoms with Crippen molar-refractivity contribution in [1.82, 2.24) is 19.5 Å². The maximum Gasteiger partial charge on any atom is 0.197 e. The lowest BCUT2D eigenvalue weighted by Gasteiger charge is -2.17. The van der Waals surface area contributed by atoms with Crippen molar-refractivity contribution in [1.29, 1.82) is 0 Å². The Kier molecular flexibility index (Phi) is 3.22. The normalized spacial score (nSPS) is 13.5. The molecule has 0 bridgehead atoms. The van der Waals surface area contributed by atoms with E-state index in [1.807, 2.05) is 22.8 Å². The molecule has 0 radical (unpaired) electrons. The molecule has 0 unspecified atom stereocenters. The number of benzene rings is 1. The minimum atomic E-state index is -1.02. The van der Waals surface area contributed by atoms with Crippen LogP contribution in [0.15, 0.2) is 42.9 Å². The van der Waals surface area contributed by atoms with Crippen LogP contribution in [0.25, 0.3) is 11.3 Å². The maximum absolute atomic E-state index is 10.1. The fourth-order valence-corrected chi connectivity index (χ4v) is 2.28. The van der Waals surface area contributed by atoms with Crippen LogP contribution < -0.4 is 0 Å². The summed E-state index contributed by atoms with van der Waals surface area (Å²) in [5, 5.41) is 10.1. The molecule has 0 saturated heterocycles. The van der Waals surface area contributed by atoms with Crippen LogP contribution in [0, 0.1) is 0 Å². The summed E-state index contributed by atoms with van der Waals surface area (Å²) >= 11 is 0. The van der Waals surface area contributed by atoms with E-state index in [0.29, 0.717) is 17.0 Å². The van der Waals surface area contributed by atoms with Gasteiger partial charge in [0.15, 0.2) is 11.3 Å². The van der Waals surface area contributed by atoms with Crippen molar-refractivity contribution in [3.63, 3.8) is 0 Å². The number of nitrogens with zero attached hydrogens (tertiary/aromatic N) is 4. The standard InChI is InChI=1S/C16H18N4O/c1-11(12-7-5-4-6-8-12)20-10-18-14-15(20)19-13(9-17-14)16(2,3)21/h4-11,21H,1-3H3/t11-/m0/s1. The third kappa shape index (κ3) is 2.52. The van der Waals surface area contributed by atoms with Crippen LogP contribution in [0.2, 0.25) is 0 Å². The number of hydrogen-bond acceptors (Lipinski definition) is 4. The summed E-state index contributed by atoms with van der Waals surface area (Å²) in [5.74, 6) is 0. The zero-order valence-electron chi connectivity index (χ0n) is 12.4. The third-order valence-corrected chi connectivity index (χ3v) is 3.61. The molecule has 3 rings (SSSR count). The summed E-state index contributed by atoms with van der Waals surface area (Å²) in [4.78, 5) is 13.1. The van der Waals surface area contributed by atoms with Gasteiger partial charge in [0.25, 0.3) is 0 Å². The SMILES string of the molecule is C[C@@H](c1ccccc1)n1cnc2ncc(C(C)(C)O)nc21. The van der Waals surface area contributed by atoms with E-state index in [2.05, 4.69) is 34.0 Å². The molecule has 0 saturated carbocycles. The van der Waals surface area contributed by atoms with E-state index in [4.69, 9.17) is 0 Å². The van der Waals surface area contributed by atoms with Gasteiger partial charge >= 0.3 is 0 Å². The van der Waals surface area contributed by atoms with E-state index in [9.17, 15) is 5.11 Å². The van der Waals surface area contributed by atoms with Crippen LogP contribution in [0.4, 0.5) is 0 Å². The number of imidazole rings is 1. The molecule has 0 aliphatic carbocycles. The van der Waals surface area contributed by atoms with E-state index in [-0.39, 0.29) is 6.04 Å². The first-order chi connectivity index (χ1) is 9.97. The van der Waals surface area contributed by atoms with Crippen LogP contribution in [-0.4, -0.2) is 24.6 Å². The Morgan fingerprint density at radius 2 is 1.86 bits per heavy atom. The van der Waals surface area contributed by atoms with Crippen LogP contribution in [0.1, 0.15) is 38.1 Å². The number of hydrogen-bond donors (Lipinski definition) is 1. The molecule has 0 aliphatic rings. The van der Waals surface area contributed by atoms with Crippen LogP contribution in [0.5, 0.6) is 0 Å². The van der Waals surface area contributed by atoms with Gasteiger partial charge in [0.05, 0.1) is 24.3 Å².